The van der Waals surface area contributed by atoms with Crippen LogP contribution in [-0.4, -0.2) is 21.5 Å². The van der Waals surface area contributed by atoms with E-state index in [0.717, 1.165) is 36.2 Å². The molecule has 0 atom stereocenters. The van der Waals surface area contributed by atoms with E-state index in [0.29, 0.717) is 16.4 Å². The Morgan fingerprint density at radius 1 is 1.13 bits per heavy atom. The molecule has 0 amide bonds. The fourth-order valence-corrected chi connectivity index (χ4v) is 5.52. The summed E-state index contributed by atoms with van der Waals surface area (Å²) in [4.78, 5) is 22.5. The average molecular weight is 516 g/mol. The van der Waals surface area contributed by atoms with Gasteiger partial charge in [-0.2, -0.15) is 0 Å². The molecule has 5 rings (SSSR count). The molecule has 30 heavy (non-hydrogen) atoms. The Hall–Kier alpha value is -2.19. The molecule has 0 spiro atoms. The van der Waals surface area contributed by atoms with Crippen molar-refractivity contribution in [2.24, 2.45) is 0 Å². The summed E-state index contributed by atoms with van der Waals surface area (Å²) in [6, 6.07) is 15.1. The van der Waals surface area contributed by atoms with Gasteiger partial charge < -0.3 is 4.42 Å². The van der Waals surface area contributed by atoms with Gasteiger partial charge in [-0.1, -0.05) is 51.4 Å². The van der Waals surface area contributed by atoms with Crippen molar-refractivity contribution in [3.05, 3.63) is 75.5 Å². The smallest absolute Gasteiger partial charge is 0.208 e. The van der Waals surface area contributed by atoms with Gasteiger partial charge in [-0.15, -0.1) is 11.3 Å². The number of ketones is 1. The van der Waals surface area contributed by atoms with Crippen molar-refractivity contribution < 1.29 is 9.21 Å². The van der Waals surface area contributed by atoms with Crippen LogP contribution in [0, 0.1) is 0 Å². The number of hydrogen-bond donors (Lipinski definition) is 0. The number of aromatic nitrogens is 2. The summed E-state index contributed by atoms with van der Waals surface area (Å²) in [7, 11) is 0. The van der Waals surface area contributed by atoms with E-state index in [-0.39, 0.29) is 11.5 Å². The number of hydrogen-bond acceptors (Lipinski definition) is 6. The second-order valence-electron chi connectivity index (χ2n) is 6.52. The predicted octanol–water partition coefficient (Wildman–Crippen LogP) is 7.50. The number of rotatable bonds is 5. The molecular weight excluding hydrogens is 504 g/mol. The zero-order valence-electron chi connectivity index (χ0n) is 15.3. The van der Waals surface area contributed by atoms with Crippen LogP contribution in [0.4, 0.5) is 0 Å². The summed E-state index contributed by atoms with van der Waals surface area (Å²) in [5.74, 6) is 0.495. The molecule has 0 saturated heterocycles. The molecule has 8 heteroatoms. The number of Topliss-reactive ketones (excluding diaryl/α,β-unsaturated/α-hetero) is 1. The zero-order valence-corrected chi connectivity index (χ0v) is 19.2. The molecule has 0 aliphatic heterocycles. The third-order valence-electron chi connectivity index (χ3n) is 4.58. The van der Waals surface area contributed by atoms with Crippen molar-refractivity contribution in [2.45, 2.75) is 5.03 Å². The van der Waals surface area contributed by atoms with E-state index in [2.05, 4.69) is 31.3 Å². The molecule has 4 nitrogen and oxygen atoms in total. The fraction of sp³-hybridized carbons (Fsp3) is 0.0455. The zero-order chi connectivity index (χ0) is 20.7. The van der Waals surface area contributed by atoms with Gasteiger partial charge >= 0.3 is 0 Å². The van der Waals surface area contributed by atoms with Gasteiger partial charge in [-0.3, -0.25) is 4.79 Å². The maximum absolute atomic E-state index is 12.8. The predicted molar refractivity (Wildman–Crippen MR) is 127 cm³/mol. The Kier molecular flexibility index (Phi) is 5.37. The van der Waals surface area contributed by atoms with E-state index in [1.54, 1.807) is 17.4 Å². The molecule has 148 valence electrons. The lowest BCUT2D eigenvalue weighted by Gasteiger charge is -2.05. The Labute approximate surface area is 193 Å². The SMILES string of the molecule is O=C(CSc1ncnc2scc(-c3ccc(Cl)cc3)c12)c1cc2cc(Br)ccc2o1. The number of thioether (sulfide) groups is 1. The van der Waals surface area contributed by atoms with E-state index >= 15 is 0 Å². The van der Waals surface area contributed by atoms with Crippen LogP contribution >= 0.6 is 50.6 Å². The number of carbonyl (C=O) groups excluding carboxylic acids is 1. The fourth-order valence-electron chi connectivity index (χ4n) is 3.16. The quantitative estimate of drug-likeness (QED) is 0.138. The molecule has 3 aromatic heterocycles. The molecule has 0 N–H and O–H groups in total. The molecular formula is C22H12BrClN2O2S2. The van der Waals surface area contributed by atoms with Crippen LogP contribution in [0.25, 0.3) is 32.3 Å². The minimum atomic E-state index is -0.0812. The highest BCUT2D eigenvalue weighted by Crippen LogP contribution is 2.38. The molecule has 2 aromatic carbocycles. The summed E-state index contributed by atoms with van der Waals surface area (Å²) in [5.41, 5.74) is 2.77. The van der Waals surface area contributed by atoms with Crippen LogP contribution in [0.1, 0.15) is 10.6 Å². The summed E-state index contributed by atoms with van der Waals surface area (Å²) in [6.07, 6.45) is 1.54. The van der Waals surface area contributed by atoms with Gasteiger partial charge in [-0.05, 0) is 42.0 Å². The van der Waals surface area contributed by atoms with Crippen molar-refractivity contribution >= 4 is 77.6 Å². The van der Waals surface area contributed by atoms with Crippen LogP contribution < -0.4 is 0 Å². The van der Waals surface area contributed by atoms with E-state index in [1.165, 1.54) is 18.1 Å². The Balaban J connectivity index is 1.44. The van der Waals surface area contributed by atoms with Crippen LogP contribution in [0.15, 0.2) is 74.2 Å². The topological polar surface area (TPSA) is 56.0 Å². The number of fused-ring (bicyclic) bond motifs is 2. The lowest BCUT2D eigenvalue weighted by Crippen LogP contribution is -2.01. The summed E-state index contributed by atoms with van der Waals surface area (Å²) < 4.78 is 6.67. The molecule has 0 unspecified atom stereocenters. The van der Waals surface area contributed by atoms with E-state index in [4.69, 9.17) is 16.0 Å². The molecule has 0 fully saturated rings. The maximum Gasteiger partial charge on any atom is 0.208 e. The van der Waals surface area contributed by atoms with Crippen LogP contribution in [0.5, 0.6) is 0 Å². The van der Waals surface area contributed by atoms with Crippen molar-refractivity contribution in [2.75, 3.05) is 5.75 Å². The van der Waals surface area contributed by atoms with Gasteiger partial charge in [0.05, 0.1) is 11.1 Å². The largest absolute Gasteiger partial charge is 0.453 e. The standard InChI is InChI=1S/C22H12BrClN2O2S2/c23-14-3-6-18-13(7-14)8-19(28-18)17(27)10-30-22-20-16(9-29-21(20)25-11-26-22)12-1-4-15(24)5-2-12/h1-9,11H,10H2. The summed E-state index contributed by atoms with van der Waals surface area (Å²) in [5, 5.41) is 5.37. The lowest BCUT2D eigenvalue weighted by atomic mass is 10.1. The average Bonchev–Trinajstić information content (AvgIpc) is 3.37. The van der Waals surface area contributed by atoms with Crippen LogP contribution in [0.3, 0.4) is 0 Å². The van der Waals surface area contributed by atoms with Crippen LogP contribution in [0.2, 0.25) is 5.02 Å². The third kappa shape index (κ3) is 3.78. The molecule has 0 radical (unpaired) electrons. The first-order chi connectivity index (χ1) is 14.6. The minimum absolute atomic E-state index is 0.0812. The van der Waals surface area contributed by atoms with Gasteiger partial charge in [0.25, 0.3) is 0 Å². The van der Waals surface area contributed by atoms with Gasteiger partial charge in [0.2, 0.25) is 5.78 Å². The van der Waals surface area contributed by atoms with Crippen molar-refractivity contribution in [1.82, 2.24) is 9.97 Å². The molecule has 0 aliphatic carbocycles. The van der Waals surface area contributed by atoms with E-state index < -0.39 is 0 Å². The Bertz CT molecular complexity index is 1400. The highest BCUT2D eigenvalue weighted by molar-refractivity contribution is 9.10. The second kappa shape index (κ2) is 8.15. The number of nitrogens with zero attached hydrogens (tertiary/aromatic N) is 2. The first kappa shape index (κ1) is 19.8. The maximum atomic E-state index is 12.8. The first-order valence-corrected chi connectivity index (χ1v) is 12.0. The summed E-state index contributed by atoms with van der Waals surface area (Å²) >= 11 is 12.4. The highest BCUT2D eigenvalue weighted by Gasteiger charge is 2.17. The number of thiophene rings is 1. The highest BCUT2D eigenvalue weighted by atomic mass is 79.9. The molecule has 3 heterocycles. The van der Waals surface area contributed by atoms with E-state index in [9.17, 15) is 4.79 Å². The third-order valence-corrected chi connectivity index (χ3v) is 7.20. The normalized spacial score (nSPS) is 11.4. The van der Waals surface area contributed by atoms with Gasteiger partial charge in [0.15, 0.2) is 5.76 Å². The number of benzene rings is 2. The lowest BCUT2D eigenvalue weighted by molar-refractivity contribution is 0.0994. The Morgan fingerprint density at radius 2 is 1.97 bits per heavy atom. The Morgan fingerprint density at radius 3 is 2.80 bits per heavy atom. The minimum Gasteiger partial charge on any atom is -0.453 e. The number of halogens is 2. The van der Waals surface area contributed by atoms with Crippen molar-refractivity contribution in [3.63, 3.8) is 0 Å². The molecule has 0 saturated carbocycles. The molecule has 0 bridgehead atoms. The van der Waals surface area contributed by atoms with E-state index in [1.807, 2.05) is 42.5 Å². The molecule has 5 aromatic rings. The first-order valence-electron chi connectivity index (χ1n) is 8.92. The monoisotopic (exact) mass is 514 g/mol. The molecule has 0 aliphatic rings. The van der Waals surface area contributed by atoms with Crippen molar-refractivity contribution in [1.29, 1.82) is 0 Å². The van der Waals surface area contributed by atoms with Gasteiger partial charge in [-0.25, -0.2) is 9.97 Å². The summed E-state index contributed by atoms with van der Waals surface area (Å²) in [6.45, 7) is 0. The second-order valence-corrected chi connectivity index (χ2v) is 9.69. The number of carbonyl (C=O) groups is 1. The number of furan rings is 1. The van der Waals surface area contributed by atoms with Gasteiger partial charge in [0, 0.05) is 25.8 Å². The van der Waals surface area contributed by atoms with Crippen molar-refractivity contribution in [3.8, 4) is 11.1 Å². The van der Waals surface area contributed by atoms with Crippen LogP contribution in [-0.2, 0) is 0 Å². The van der Waals surface area contributed by atoms with Gasteiger partial charge in [0.1, 0.15) is 21.8 Å².